The molecular weight excluding hydrogens is 380 g/mol. The van der Waals surface area contributed by atoms with Gasteiger partial charge in [-0.25, -0.2) is 4.79 Å². The number of anilines is 1. The summed E-state index contributed by atoms with van der Waals surface area (Å²) in [6, 6.07) is 14.6. The first-order chi connectivity index (χ1) is 14.3. The summed E-state index contributed by atoms with van der Waals surface area (Å²) in [7, 11) is 0. The summed E-state index contributed by atoms with van der Waals surface area (Å²) >= 11 is 0. The van der Waals surface area contributed by atoms with E-state index in [1.54, 1.807) is 24.3 Å². The number of nitrogens with zero attached hydrogens (tertiary/aromatic N) is 1. The first-order valence-corrected chi connectivity index (χ1v) is 9.76. The van der Waals surface area contributed by atoms with Crippen molar-refractivity contribution in [2.24, 2.45) is 0 Å². The minimum Gasteiger partial charge on any atom is -0.494 e. The van der Waals surface area contributed by atoms with Crippen LogP contribution in [0.2, 0.25) is 0 Å². The van der Waals surface area contributed by atoms with Crippen LogP contribution in [0, 0.1) is 18.3 Å². The number of hydrogen-bond acceptors (Lipinski definition) is 5. The van der Waals surface area contributed by atoms with Crippen LogP contribution in [-0.2, 0) is 14.3 Å². The molecule has 0 aliphatic heterocycles. The van der Waals surface area contributed by atoms with E-state index in [0.717, 1.165) is 16.8 Å². The summed E-state index contributed by atoms with van der Waals surface area (Å²) in [6.07, 6.45) is 1.41. The molecule has 0 bridgehead atoms. The smallest absolute Gasteiger partial charge is 0.349 e. The number of para-hydroxylation sites is 1. The molecule has 0 unspecified atom stereocenters. The Labute approximate surface area is 177 Å². The Balaban J connectivity index is 2.02. The van der Waals surface area contributed by atoms with Crippen LogP contribution in [0.4, 0.5) is 5.69 Å². The Hall–Kier alpha value is -3.59. The van der Waals surface area contributed by atoms with Crippen molar-refractivity contribution in [3.05, 3.63) is 64.7 Å². The van der Waals surface area contributed by atoms with E-state index in [-0.39, 0.29) is 11.5 Å². The number of nitrogens with one attached hydrogen (secondary N) is 1. The molecule has 30 heavy (non-hydrogen) atoms. The van der Waals surface area contributed by atoms with Crippen molar-refractivity contribution in [3.63, 3.8) is 0 Å². The van der Waals surface area contributed by atoms with Gasteiger partial charge < -0.3 is 14.8 Å². The van der Waals surface area contributed by atoms with E-state index in [1.165, 1.54) is 6.08 Å². The lowest BCUT2D eigenvalue weighted by atomic mass is 9.98. The SMILES string of the molecule is CCOc1ccc(/C=C(\C#N)C(=O)OCC(=O)Nc2c(C)cccc2C(C)C)cc1. The fraction of sp³-hybridized carbons (Fsp3) is 0.292. The number of ether oxygens (including phenoxy) is 2. The zero-order valence-electron chi connectivity index (χ0n) is 17.7. The van der Waals surface area contributed by atoms with Gasteiger partial charge in [-0.15, -0.1) is 0 Å². The summed E-state index contributed by atoms with van der Waals surface area (Å²) in [6.45, 7) is 7.93. The lowest BCUT2D eigenvalue weighted by molar-refractivity contribution is -0.142. The summed E-state index contributed by atoms with van der Waals surface area (Å²) in [4.78, 5) is 24.5. The van der Waals surface area contributed by atoms with Crippen LogP contribution in [-0.4, -0.2) is 25.1 Å². The highest BCUT2D eigenvalue weighted by molar-refractivity contribution is 6.00. The number of amides is 1. The lowest BCUT2D eigenvalue weighted by Crippen LogP contribution is -2.22. The molecule has 0 saturated heterocycles. The lowest BCUT2D eigenvalue weighted by Gasteiger charge is -2.16. The van der Waals surface area contributed by atoms with Crippen LogP contribution < -0.4 is 10.1 Å². The van der Waals surface area contributed by atoms with Gasteiger partial charge in [-0.3, -0.25) is 4.79 Å². The normalized spacial score (nSPS) is 11.0. The predicted molar refractivity (Wildman–Crippen MR) is 116 cm³/mol. The summed E-state index contributed by atoms with van der Waals surface area (Å²) in [5.74, 6) is -0.386. The van der Waals surface area contributed by atoms with Gasteiger partial charge in [-0.2, -0.15) is 5.26 Å². The molecule has 6 nitrogen and oxygen atoms in total. The molecule has 2 aromatic carbocycles. The average Bonchev–Trinajstić information content (AvgIpc) is 2.73. The van der Waals surface area contributed by atoms with Gasteiger partial charge in [0.25, 0.3) is 5.91 Å². The van der Waals surface area contributed by atoms with Crippen molar-refractivity contribution in [1.82, 2.24) is 0 Å². The first-order valence-electron chi connectivity index (χ1n) is 9.76. The summed E-state index contributed by atoms with van der Waals surface area (Å²) < 4.78 is 10.4. The number of esters is 1. The maximum Gasteiger partial charge on any atom is 0.349 e. The third-order valence-electron chi connectivity index (χ3n) is 4.37. The van der Waals surface area contributed by atoms with Gasteiger partial charge in [-0.05, 0) is 54.7 Å². The number of benzene rings is 2. The third kappa shape index (κ3) is 6.21. The van der Waals surface area contributed by atoms with E-state index < -0.39 is 18.5 Å². The van der Waals surface area contributed by atoms with Crippen molar-refractivity contribution < 1.29 is 19.1 Å². The van der Waals surface area contributed by atoms with E-state index >= 15 is 0 Å². The van der Waals surface area contributed by atoms with Gasteiger partial charge in [0.05, 0.1) is 6.61 Å². The number of rotatable bonds is 8. The van der Waals surface area contributed by atoms with Crippen LogP contribution in [0.1, 0.15) is 43.4 Å². The largest absolute Gasteiger partial charge is 0.494 e. The number of carbonyl (C=O) groups is 2. The summed E-state index contributed by atoms with van der Waals surface area (Å²) in [5, 5.41) is 12.1. The minimum atomic E-state index is -0.851. The molecule has 0 saturated carbocycles. The molecule has 0 aliphatic rings. The van der Waals surface area contributed by atoms with E-state index in [4.69, 9.17) is 9.47 Å². The van der Waals surface area contributed by atoms with Crippen LogP contribution >= 0.6 is 0 Å². The Kier molecular flexibility index (Phi) is 8.18. The Morgan fingerprint density at radius 3 is 2.47 bits per heavy atom. The zero-order chi connectivity index (χ0) is 22.1. The van der Waals surface area contributed by atoms with Gasteiger partial charge in [0.15, 0.2) is 6.61 Å². The van der Waals surface area contributed by atoms with E-state index in [9.17, 15) is 14.9 Å². The van der Waals surface area contributed by atoms with Crippen molar-refractivity contribution in [2.75, 3.05) is 18.5 Å². The van der Waals surface area contributed by atoms with Crippen molar-refractivity contribution >= 4 is 23.6 Å². The van der Waals surface area contributed by atoms with Gasteiger partial charge in [0.1, 0.15) is 17.4 Å². The van der Waals surface area contributed by atoms with Crippen molar-refractivity contribution in [1.29, 1.82) is 5.26 Å². The second-order valence-electron chi connectivity index (χ2n) is 6.99. The minimum absolute atomic E-state index is 0.189. The molecule has 0 aliphatic carbocycles. The monoisotopic (exact) mass is 406 g/mol. The molecule has 0 radical (unpaired) electrons. The molecule has 6 heteroatoms. The molecule has 156 valence electrons. The topological polar surface area (TPSA) is 88.4 Å². The number of nitriles is 1. The van der Waals surface area contributed by atoms with E-state index in [0.29, 0.717) is 17.9 Å². The van der Waals surface area contributed by atoms with E-state index in [1.807, 2.05) is 52.0 Å². The number of carbonyl (C=O) groups excluding carboxylic acids is 2. The third-order valence-corrected chi connectivity index (χ3v) is 4.37. The molecule has 0 heterocycles. The van der Waals surface area contributed by atoms with Crippen LogP contribution in [0.15, 0.2) is 48.0 Å². The second-order valence-corrected chi connectivity index (χ2v) is 6.99. The Bertz CT molecular complexity index is 970. The number of hydrogen-bond donors (Lipinski definition) is 1. The quantitative estimate of drug-likeness (QED) is 0.393. The summed E-state index contributed by atoms with van der Waals surface area (Å²) in [5.41, 5.74) is 3.11. The molecule has 0 spiro atoms. The zero-order valence-corrected chi connectivity index (χ0v) is 17.7. The standard InChI is InChI=1S/C24H26N2O4/c1-5-29-20-11-9-18(10-12-20)13-19(14-25)24(28)30-15-22(27)26-23-17(4)7-6-8-21(23)16(2)3/h6-13,16H,5,15H2,1-4H3,(H,26,27)/b19-13+. The highest BCUT2D eigenvalue weighted by Gasteiger charge is 2.16. The molecule has 0 aromatic heterocycles. The Morgan fingerprint density at radius 2 is 1.87 bits per heavy atom. The van der Waals surface area contributed by atoms with Gasteiger partial charge in [0.2, 0.25) is 0 Å². The van der Waals surface area contributed by atoms with Crippen molar-refractivity contribution in [2.45, 2.75) is 33.6 Å². The average molecular weight is 406 g/mol. The molecule has 2 rings (SSSR count). The highest BCUT2D eigenvalue weighted by Crippen LogP contribution is 2.27. The molecular formula is C24H26N2O4. The van der Waals surface area contributed by atoms with Gasteiger partial charge in [0, 0.05) is 5.69 Å². The fourth-order valence-electron chi connectivity index (χ4n) is 2.86. The van der Waals surface area contributed by atoms with Crippen LogP contribution in [0.25, 0.3) is 6.08 Å². The molecule has 1 amide bonds. The maximum absolute atomic E-state index is 12.3. The predicted octanol–water partition coefficient (Wildman–Crippen LogP) is 4.61. The molecule has 1 N–H and O–H groups in total. The first kappa shape index (κ1) is 22.7. The second kappa shape index (κ2) is 10.8. The maximum atomic E-state index is 12.3. The Morgan fingerprint density at radius 1 is 1.17 bits per heavy atom. The van der Waals surface area contributed by atoms with E-state index in [2.05, 4.69) is 5.32 Å². The van der Waals surface area contributed by atoms with Crippen LogP contribution in [0.3, 0.4) is 0 Å². The molecule has 0 fully saturated rings. The number of aryl methyl sites for hydroxylation is 1. The fourth-order valence-corrected chi connectivity index (χ4v) is 2.86. The van der Waals surface area contributed by atoms with Gasteiger partial charge in [-0.1, -0.05) is 44.2 Å². The molecule has 2 aromatic rings. The van der Waals surface area contributed by atoms with Crippen molar-refractivity contribution in [3.8, 4) is 11.8 Å². The molecule has 0 atom stereocenters. The van der Waals surface area contributed by atoms with Crippen LogP contribution in [0.5, 0.6) is 5.75 Å². The van der Waals surface area contributed by atoms with Gasteiger partial charge >= 0.3 is 5.97 Å². The highest BCUT2D eigenvalue weighted by atomic mass is 16.5.